The van der Waals surface area contributed by atoms with E-state index in [4.69, 9.17) is 0 Å². The van der Waals surface area contributed by atoms with Crippen molar-refractivity contribution in [3.05, 3.63) is 35.4 Å². The molecule has 4 heteroatoms. The van der Waals surface area contributed by atoms with Crippen molar-refractivity contribution in [1.29, 1.82) is 0 Å². The Labute approximate surface area is 105 Å². The lowest BCUT2D eigenvalue weighted by atomic mass is 10.0. The van der Waals surface area contributed by atoms with E-state index in [1.807, 2.05) is 18.2 Å². The van der Waals surface area contributed by atoms with Crippen LogP contribution in [0.5, 0.6) is 0 Å². The third-order valence-electron chi connectivity index (χ3n) is 3.48. The number of fused-ring (bicyclic) bond motifs is 3. The number of carbonyl (C=O) groups excluding carboxylic acids is 1. The van der Waals surface area contributed by atoms with Crippen LogP contribution in [-0.2, 0) is 5.72 Å². The van der Waals surface area contributed by atoms with Crippen molar-refractivity contribution in [3.8, 4) is 0 Å². The molecule has 3 rings (SSSR count). The van der Waals surface area contributed by atoms with Gasteiger partial charge in [-0.2, -0.15) is 0 Å². The predicted molar refractivity (Wildman–Crippen MR) is 67.9 cm³/mol. The van der Waals surface area contributed by atoms with Gasteiger partial charge in [-0.3, -0.25) is 4.79 Å². The lowest BCUT2D eigenvalue weighted by Gasteiger charge is -2.45. The Morgan fingerprint density at radius 3 is 2.82 bits per heavy atom. The number of amides is 1. The van der Waals surface area contributed by atoms with E-state index in [-0.39, 0.29) is 10.7 Å². The zero-order valence-electron chi connectivity index (χ0n) is 9.93. The molecule has 1 N–H and O–H groups in total. The average Bonchev–Trinajstić information content (AvgIpc) is 2.51. The summed E-state index contributed by atoms with van der Waals surface area (Å²) in [6, 6.07) is 7.37. The second-order valence-corrected chi connectivity index (χ2v) is 6.98. The molecule has 0 spiro atoms. The van der Waals surface area contributed by atoms with Gasteiger partial charge in [-0.25, -0.2) is 0 Å². The van der Waals surface area contributed by atoms with Gasteiger partial charge in [-0.15, -0.1) is 11.8 Å². The van der Waals surface area contributed by atoms with Crippen molar-refractivity contribution >= 4 is 17.7 Å². The number of aliphatic hydroxyl groups is 1. The SMILES string of the molecule is CC1(C)CN2C(=O)c3ccccc3C2(O)CS1. The summed E-state index contributed by atoms with van der Waals surface area (Å²) in [6.07, 6.45) is 0. The molecule has 1 unspecified atom stereocenters. The van der Waals surface area contributed by atoms with Crippen molar-refractivity contribution in [2.75, 3.05) is 12.3 Å². The van der Waals surface area contributed by atoms with Gasteiger partial charge >= 0.3 is 0 Å². The number of carbonyl (C=O) groups is 1. The van der Waals surface area contributed by atoms with Crippen LogP contribution in [0.4, 0.5) is 0 Å². The van der Waals surface area contributed by atoms with E-state index < -0.39 is 5.72 Å². The molecule has 2 aliphatic rings. The molecule has 0 bridgehead atoms. The Morgan fingerprint density at radius 1 is 1.35 bits per heavy atom. The molecule has 1 aromatic rings. The molecule has 1 fully saturated rings. The van der Waals surface area contributed by atoms with E-state index in [1.54, 1.807) is 22.7 Å². The second-order valence-electron chi connectivity index (χ2n) is 5.30. The topological polar surface area (TPSA) is 40.5 Å². The Bertz CT molecular complexity index is 500. The van der Waals surface area contributed by atoms with Crippen LogP contribution >= 0.6 is 11.8 Å². The van der Waals surface area contributed by atoms with Crippen molar-refractivity contribution in [2.24, 2.45) is 0 Å². The summed E-state index contributed by atoms with van der Waals surface area (Å²) in [5.74, 6) is 0.499. The standard InChI is InChI=1S/C13H15NO2S/c1-12(2)7-14-11(15)9-5-3-4-6-10(9)13(14,16)8-17-12/h3-6,16H,7-8H2,1-2H3. The van der Waals surface area contributed by atoms with Crippen molar-refractivity contribution in [1.82, 2.24) is 4.90 Å². The summed E-state index contributed by atoms with van der Waals surface area (Å²) in [4.78, 5) is 13.9. The largest absolute Gasteiger partial charge is 0.366 e. The van der Waals surface area contributed by atoms with Crippen LogP contribution in [0.1, 0.15) is 29.8 Å². The molecule has 1 amide bonds. The highest BCUT2D eigenvalue weighted by molar-refractivity contribution is 8.00. The summed E-state index contributed by atoms with van der Waals surface area (Å²) in [5.41, 5.74) is 0.301. The van der Waals surface area contributed by atoms with E-state index in [2.05, 4.69) is 13.8 Å². The molecule has 1 aromatic carbocycles. The summed E-state index contributed by atoms with van der Waals surface area (Å²) in [7, 11) is 0. The lowest BCUT2D eigenvalue weighted by Crippen LogP contribution is -2.55. The fraction of sp³-hybridized carbons (Fsp3) is 0.462. The maximum absolute atomic E-state index is 12.3. The normalized spacial score (nSPS) is 30.1. The Morgan fingerprint density at radius 2 is 2.06 bits per heavy atom. The van der Waals surface area contributed by atoms with Crippen LogP contribution in [-0.4, -0.2) is 33.0 Å². The number of benzene rings is 1. The zero-order chi connectivity index (χ0) is 12.3. The van der Waals surface area contributed by atoms with Gasteiger partial charge < -0.3 is 10.0 Å². The first-order valence-electron chi connectivity index (χ1n) is 5.72. The third kappa shape index (κ3) is 1.44. The van der Waals surface area contributed by atoms with E-state index in [9.17, 15) is 9.90 Å². The minimum Gasteiger partial charge on any atom is -0.366 e. The number of nitrogens with zero attached hydrogens (tertiary/aromatic N) is 1. The summed E-state index contributed by atoms with van der Waals surface area (Å²) in [6.45, 7) is 4.79. The van der Waals surface area contributed by atoms with E-state index >= 15 is 0 Å². The van der Waals surface area contributed by atoms with Gasteiger partial charge in [0.1, 0.15) is 0 Å². The van der Waals surface area contributed by atoms with Crippen molar-refractivity contribution in [3.63, 3.8) is 0 Å². The Balaban J connectivity index is 2.12. The Hall–Kier alpha value is -1.00. The fourth-order valence-corrected chi connectivity index (χ4v) is 3.68. The van der Waals surface area contributed by atoms with Crippen LogP contribution in [0.15, 0.2) is 24.3 Å². The van der Waals surface area contributed by atoms with Crippen LogP contribution in [0.3, 0.4) is 0 Å². The quantitative estimate of drug-likeness (QED) is 0.762. The van der Waals surface area contributed by atoms with Crippen LogP contribution in [0, 0.1) is 0 Å². The number of thioether (sulfide) groups is 1. The molecule has 0 aliphatic carbocycles. The molecule has 90 valence electrons. The minimum absolute atomic E-state index is 0.00390. The first-order chi connectivity index (χ1) is 7.94. The lowest BCUT2D eigenvalue weighted by molar-refractivity contribution is -0.0717. The molecule has 2 heterocycles. The number of hydrogen-bond acceptors (Lipinski definition) is 3. The van der Waals surface area contributed by atoms with Gasteiger partial charge in [0.15, 0.2) is 5.72 Å². The van der Waals surface area contributed by atoms with E-state index in [1.165, 1.54) is 0 Å². The highest BCUT2D eigenvalue weighted by Crippen LogP contribution is 2.47. The second kappa shape index (κ2) is 3.27. The van der Waals surface area contributed by atoms with Gasteiger partial charge in [0, 0.05) is 28.2 Å². The summed E-state index contributed by atoms with van der Waals surface area (Å²) in [5, 5.41) is 10.8. The maximum atomic E-state index is 12.3. The molecule has 0 saturated carbocycles. The molecule has 17 heavy (non-hydrogen) atoms. The number of hydrogen-bond donors (Lipinski definition) is 1. The monoisotopic (exact) mass is 249 g/mol. The molecule has 0 radical (unpaired) electrons. The maximum Gasteiger partial charge on any atom is 0.256 e. The summed E-state index contributed by atoms with van der Waals surface area (Å²) < 4.78 is 0.00390. The minimum atomic E-state index is -1.10. The predicted octanol–water partition coefficient (Wildman–Crippen LogP) is 1.81. The van der Waals surface area contributed by atoms with Crippen LogP contribution in [0.2, 0.25) is 0 Å². The van der Waals surface area contributed by atoms with Gasteiger partial charge in [-0.1, -0.05) is 18.2 Å². The molecule has 0 aromatic heterocycles. The molecule has 1 atom stereocenters. The average molecular weight is 249 g/mol. The highest BCUT2D eigenvalue weighted by atomic mass is 32.2. The smallest absolute Gasteiger partial charge is 0.256 e. The first-order valence-corrected chi connectivity index (χ1v) is 6.70. The van der Waals surface area contributed by atoms with E-state index in [0.717, 1.165) is 5.56 Å². The highest BCUT2D eigenvalue weighted by Gasteiger charge is 2.53. The summed E-state index contributed by atoms with van der Waals surface area (Å²) >= 11 is 1.72. The van der Waals surface area contributed by atoms with Crippen molar-refractivity contribution < 1.29 is 9.90 Å². The van der Waals surface area contributed by atoms with Crippen LogP contribution in [0.25, 0.3) is 0 Å². The van der Waals surface area contributed by atoms with Gasteiger partial charge in [-0.05, 0) is 19.9 Å². The number of rotatable bonds is 0. The van der Waals surface area contributed by atoms with Gasteiger partial charge in [0.25, 0.3) is 5.91 Å². The first kappa shape index (κ1) is 11.1. The molecular formula is C13H15NO2S. The van der Waals surface area contributed by atoms with E-state index in [0.29, 0.717) is 17.9 Å². The van der Waals surface area contributed by atoms with Crippen molar-refractivity contribution in [2.45, 2.75) is 24.3 Å². The molecule has 3 nitrogen and oxygen atoms in total. The van der Waals surface area contributed by atoms with Gasteiger partial charge in [0.2, 0.25) is 0 Å². The molecule has 2 aliphatic heterocycles. The Kier molecular flexibility index (Phi) is 2.14. The molecular weight excluding hydrogens is 234 g/mol. The zero-order valence-corrected chi connectivity index (χ0v) is 10.8. The molecule has 1 saturated heterocycles. The fourth-order valence-electron chi connectivity index (χ4n) is 2.56. The van der Waals surface area contributed by atoms with Gasteiger partial charge in [0.05, 0.1) is 0 Å². The third-order valence-corrected chi connectivity index (χ3v) is 4.94. The van der Waals surface area contributed by atoms with Crippen LogP contribution < -0.4 is 0 Å².